The minimum Gasteiger partial charge on any atom is -0.214 e. The number of benzene rings is 1. The third-order valence-electron chi connectivity index (χ3n) is 2.28. The highest BCUT2D eigenvalue weighted by Crippen LogP contribution is 2.03. The molecule has 0 amide bonds. The van der Waals surface area contributed by atoms with Crippen LogP contribution >= 0.6 is 0 Å². The molecule has 4 nitrogen and oxygen atoms in total. The zero-order valence-electron chi connectivity index (χ0n) is 9.35. The van der Waals surface area contributed by atoms with Crippen molar-refractivity contribution in [3.63, 3.8) is 0 Å². The highest BCUT2D eigenvalue weighted by Gasteiger charge is 2.18. The van der Waals surface area contributed by atoms with Gasteiger partial charge < -0.3 is 0 Å². The lowest BCUT2D eigenvalue weighted by Gasteiger charge is -2.07. The van der Waals surface area contributed by atoms with Gasteiger partial charge in [0.15, 0.2) is 5.25 Å². The summed E-state index contributed by atoms with van der Waals surface area (Å²) in [4.78, 5) is 0. The number of nitriles is 1. The topological polar surface area (TPSA) is 70.0 Å². The van der Waals surface area contributed by atoms with E-state index in [1.54, 1.807) is 18.2 Å². The van der Waals surface area contributed by atoms with Crippen molar-refractivity contribution >= 4 is 10.0 Å². The van der Waals surface area contributed by atoms with Crippen LogP contribution in [0, 0.1) is 17.1 Å². The number of rotatable bonds is 5. The highest BCUT2D eigenvalue weighted by atomic mass is 32.2. The van der Waals surface area contributed by atoms with Gasteiger partial charge in [0.1, 0.15) is 5.82 Å². The molecule has 0 aliphatic carbocycles. The Hall–Kier alpha value is -1.45. The van der Waals surface area contributed by atoms with Gasteiger partial charge in [0.2, 0.25) is 10.0 Å². The van der Waals surface area contributed by atoms with Gasteiger partial charge >= 0.3 is 0 Å². The molecule has 0 aliphatic heterocycles. The summed E-state index contributed by atoms with van der Waals surface area (Å²) in [6, 6.07) is 7.49. The number of nitrogens with one attached hydrogen (secondary N) is 1. The lowest BCUT2D eigenvalue weighted by atomic mass is 10.1. The van der Waals surface area contributed by atoms with Crippen LogP contribution in [0.4, 0.5) is 4.39 Å². The Labute approximate surface area is 100 Å². The monoisotopic (exact) mass is 256 g/mol. The van der Waals surface area contributed by atoms with E-state index in [1.807, 2.05) is 0 Å². The first-order valence-electron chi connectivity index (χ1n) is 5.08. The molecule has 0 heterocycles. The van der Waals surface area contributed by atoms with E-state index in [2.05, 4.69) is 4.72 Å². The van der Waals surface area contributed by atoms with Crippen LogP contribution in [0.1, 0.15) is 12.5 Å². The Bertz CT molecular complexity index is 505. The summed E-state index contributed by atoms with van der Waals surface area (Å²) in [5.74, 6) is -0.326. The Morgan fingerprint density at radius 3 is 2.53 bits per heavy atom. The lowest BCUT2D eigenvalue weighted by Crippen LogP contribution is -2.33. The average Bonchev–Trinajstić information content (AvgIpc) is 2.30. The van der Waals surface area contributed by atoms with Crippen LogP contribution in [0.2, 0.25) is 0 Å². The van der Waals surface area contributed by atoms with Crippen molar-refractivity contribution in [2.24, 2.45) is 0 Å². The molecule has 92 valence electrons. The van der Waals surface area contributed by atoms with E-state index in [0.29, 0.717) is 6.42 Å². The molecule has 0 aromatic heterocycles. The van der Waals surface area contributed by atoms with Crippen LogP contribution in [0.3, 0.4) is 0 Å². The number of hydrogen-bond acceptors (Lipinski definition) is 3. The van der Waals surface area contributed by atoms with Gasteiger partial charge in [0, 0.05) is 6.54 Å². The van der Waals surface area contributed by atoms with Crippen LogP contribution < -0.4 is 4.72 Å². The number of sulfonamides is 1. The molecule has 17 heavy (non-hydrogen) atoms. The number of hydrogen-bond donors (Lipinski definition) is 1. The van der Waals surface area contributed by atoms with Gasteiger partial charge in [-0.2, -0.15) is 5.26 Å². The lowest BCUT2D eigenvalue weighted by molar-refractivity contribution is 0.577. The second-order valence-electron chi connectivity index (χ2n) is 3.59. The van der Waals surface area contributed by atoms with Gasteiger partial charge in [-0.3, -0.25) is 0 Å². The molecule has 1 rings (SSSR count). The predicted octanol–water partition coefficient (Wildman–Crippen LogP) is 1.20. The van der Waals surface area contributed by atoms with E-state index in [-0.39, 0.29) is 12.4 Å². The van der Waals surface area contributed by atoms with E-state index in [9.17, 15) is 12.8 Å². The third kappa shape index (κ3) is 4.13. The van der Waals surface area contributed by atoms with Gasteiger partial charge in [-0.1, -0.05) is 12.1 Å². The zero-order chi connectivity index (χ0) is 12.9. The molecule has 1 N–H and O–H groups in total. The zero-order valence-corrected chi connectivity index (χ0v) is 10.2. The van der Waals surface area contributed by atoms with Crippen molar-refractivity contribution in [1.82, 2.24) is 4.72 Å². The van der Waals surface area contributed by atoms with Gasteiger partial charge in [-0.25, -0.2) is 17.5 Å². The molecule has 6 heteroatoms. The summed E-state index contributed by atoms with van der Waals surface area (Å²) in [6.45, 7) is 1.51. The average molecular weight is 256 g/mol. The largest absolute Gasteiger partial charge is 0.227 e. The van der Waals surface area contributed by atoms with E-state index < -0.39 is 15.3 Å². The number of nitrogens with zero attached hydrogens (tertiary/aromatic N) is 1. The van der Waals surface area contributed by atoms with E-state index in [1.165, 1.54) is 19.1 Å². The maximum Gasteiger partial charge on any atom is 0.227 e. The van der Waals surface area contributed by atoms with Crippen LogP contribution in [0.5, 0.6) is 0 Å². The Morgan fingerprint density at radius 2 is 2.00 bits per heavy atom. The van der Waals surface area contributed by atoms with E-state index >= 15 is 0 Å². The highest BCUT2D eigenvalue weighted by molar-refractivity contribution is 7.90. The van der Waals surface area contributed by atoms with Crippen molar-refractivity contribution in [2.45, 2.75) is 18.6 Å². The molecule has 0 saturated heterocycles. The minimum atomic E-state index is -3.57. The fourth-order valence-electron chi connectivity index (χ4n) is 1.18. The first-order chi connectivity index (χ1) is 7.95. The van der Waals surface area contributed by atoms with Crippen molar-refractivity contribution in [1.29, 1.82) is 5.26 Å². The Kier molecular flexibility index (Phi) is 4.61. The second-order valence-corrected chi connectivity index (χ2v) is 5.67. The first kappa shape index (κ1) is 13.6. The quantitative estimate of drug-likeness (QED) is 0.860. The fourth-order valence-corrected chi connectivity index (χ4v) is 1.96. The summed E-state index contributed by atoms with van der Waals surface area (Å²) in [7, 11) is -3.57. The summed E-state index contributed by atoms with van der Waals surface area (Å²) in [6.07, 6.45) is 0.456. The SMILES string of the molecule is CC(C#N)S(=O)(=O)NCCc1ccc(F)cc1. The molecule has 0 bridgehead atoms. The summed E-state index contributed by atoms with van der Waals surface area (Å²) in [5.41, 5.74) is 0.832. The van der Waals surface area contributed by atoms with Crippen LogP contribution in [0.15, 0.2) is 24.3 Å². The summed E-state index contributed by atoms with van der Waals surface area (Å²) in [5, 5.41) is 7.43. The molecular formula is C11H13FN2O2S. The standard InChI is InChI=1S/C11H13FN2O2S/c1-9(8-13)17(15,16)14-7-6-10-2-4-11(12)5-3-10/h2-5,9,14H,6-7H2,1H3. The summed E-state index contributed by atoms with van der Waals surface area (Å²) < 4.78 is 37.8. The molecule has 0 saturated carbocycles. The third-order valence-corrected chi connectivity index (χ3v) is 3.92. The van der Waals surface area contributed by atoms with Gasteiger partial charge in [-0.15, -0.1) is 0 Å². The molecule has 0 radical (unpaired) electrons. The van der Waals surface area contributed by atoms with Crippen molar-refractivity contribution in [3.05, 3.63) is 35.6 Å². The predicted molar refractivity (Wildman–Crippen MR) is 62.1 cm³/mol. The molecule has 1 aromatic rings. The van der Waals surface area contributed by atoms with Gasteiger partial charge in [-0.05, 0) is 31.0 Å². The molecule has 0 fully saturated rings. The molecule has 1 aromatic carbocycles. The molecule has 1 atom stereocenters. The maximum atomic E-state index is 12.6. The van der Waals surface area contributed by atoms with Crippen molar-refractivity contribution in [3.8, 4) is 6.07 Å². The fraction of sp³-hybridized carbons (Fsp3) is 0.364. The van der Waals surface area contributed by atoms with Crippen LogP contribution in [-0.4, -0.2) is 20.2 Å². The first-order valence-corrected chi connectivity index (χ1v) is 6.63. The minimum absolute atomic E-state index is 0.194. The van der Waals surface area contributed by atoms with Crippen LogP contribution in [-0.2, 0) is 16.4 Å². The van der Waals surface area contributed by atoms with E-state index in [0.717, 1.165) is 5.56 Å². The molecule has 1 unspecified atom stereocenters. The maximum absolute atomic E-state index is 12.6. The number of halogens is 1. The second kappa shape index (κ2) is 5.75. The van der Waals surface area contributed by atoms with Gasteiger partial charge in [0.05, 0.1) is 6.07 Å². The Balaban J connectivity index is 2.49. The normalized spacial score (nSPS) is 13.0. The Morgan fingerprint density at radius 1 is 1.41 bits per heavy atom. The molecule has 0 aliphatic rings. The van der Waals surface area contributed by atoms with Crippen LogP contribution in [0.25, 0.3) is 0 Å². The smallest absolute Gasteiger partial charge is 0.214 e. The summed E-state index contributed by atoms with van der Waals surface area (Å²) >= 11 is 0. The van der Waals surface area contributed by atoms with Crippen molar-refractivity contribution < 1.29 is 12.8 Å². The van der Waals surface area contributed by atoms with Gasteiger partial charge in [0.25, 0.3) is 0 Å². The molecular weight excluding hydrogens is 243 g/mol. The van der Waals surface area contributed by atoms with E-state index in [4.69, 9.17) is 5.26 Å². The molecule has 0 spiro atoms. The van der Waals surface area contributed by atoms with Crippen molar-refractivity contribution in [2.75, 3.05) is 6.54 Å².